The lowest BCUT2D eigenvalue weighted by molar-refractivity contribution is 0.101. The number of carbonyl (C=O) groups is 2. The van der Waals surface area contributed by atoms with Crippen molar-refractivity contribution in [2.45, 2.75) is 13.8 Å². The first kappa shape index (κ1) is 11.7. The van der Waals surface area contributed by atoms with Crippen molar-refractivity contribution in [3.63, 3.8) is 0 Å². The summed E-state index contributed by atoms with van der Waals surface area (Å²) < 4.78 is 0. The summed E-state index contributed by atoms with van der Waals surface area (Å²) in [5.41, 5.74) is 2.92. The van der Waals surface area contributed by atoms with Crippen molar-refractivity contribution < 1.29 is 9.59 Å². The lowest BCUT2D eigenvalue weighted by Crippen LogP contribution is -1.99. The zero-order valence-corrected chi connectivity index (χ0v) is 10.8. The van der Waals surface area contributed by atoms with Gasteiger partial charge in [-0.05, 0) is 32.0 Å². The molecule has 1 N–H and O–H groups in total. The van der Waals surface area contributed by atoms with Crippen LogP contribution in [0.15, 0.2) is 36.4 Å². The highest BCUT2D eigenvalue weighted by Gasteiger charge is 2.14. The third-order valence-corrected chi connectivity index (χ3v) is 3.40. The Morgan fingerprint density at radius 1 is 0.947 bits per heavy atom. The third-order valence-electron chi connectivity index (χ3n) is 3.40. The van der Waals surface area contributed by atoms with E-state index in [1.807, 2.05) is 30.3 Å². The molecule has 0 bridgehead atoms. The second kappa shape index (κ2) is 4.05. The molecule has 0 aliphatic rings. The van der Waals surface area contributed by atoms with E-state index in [0.29, 0.717) is 11.1 Å². The number of Topliss-reactive ketones (excluding diaryl/α,β-unsaturated/α-hetero) is 2. The molecule has 94 valence electrons. The molecule has 3 aromatic rings. The van der Waals surface area contributed by atoms with E-state index in [0.717, 1.165) is 21.8 Å². The average molecular weight is 251 g/mol. The van der Waals surface area contributed by atoms with Crippen molar-refractivity contribution in [1.82, 2.24) is 4.98 Å². The van der Waals surface area contributed by atoms with E-state index in [1.54, 1.807) is 6.07 Å². The molecule has 1 heterocycles. The molecule has 3 nitrogen and oxygen atoms in total. The molecule has 2 aromatic carbocycles. The number of benzene rings is 2. The van der Waals surface area contributed by atoms with Gasteiger partial charge in [0.15, 0.2) is 11.6 Å². The number of aromatic nitrogens is 1. The van der Waals surface area contributed by atoms with E-state index in [9.17, 15) is 9.59 Å². The Kier molecular flexibility index (Phi) is 2.49. The summed E-state index contributed by atoms with van der Waals surface area (Å²) in [5.74, 6) is -0.0747. The van der Waals surface area contributed by atoms with E-state index in [2.05, 4.69) is 4.98 Å². The predicted octanol–water partition coefficient (Wildman–Crippen LogP) is 3.73. The average Bonchev–Trinajstić information content (AvgIpc) is 2.75. The third kappa shape index (κ3) is 1.74. The molecule has 0 radical (unpaired) electrons. The monoisotopic (exact) mass is 251 g/mol. The number of hydrogen-bond donors (Lipinski definition) is 1. The number of para-hydroxylation sites is 1. The van der Waals surface area contributed by atoms with E-state index < -0.39 is 0 Å². The summed E-state index contributed by atoms with van der Waals surface area (Å²) >= 11 is 0. The molecular weight excluding hydrogens is 238 g/mol. The van der Waals surface area contributed by atoms with Crippen LogP contribution in [-0.4, -0.2) is 16.6 Å². The van der Waals surface area contributed by atoms with Crippen LogP contribution in [0.4, 0.5) is 0 Å². The molecule has 0 saturated carbocycles. The van der Waals surface area contributed by atoms with Gasteiger partial charge in [-0.2, -0.15) is 0 Å². The highest BCUT2D eigenvalue weighted by Crippen LogP contribution is 2.29. The topological polar surface area (TPSA) is 49.9 Å². The van der Waals surface area contributed by atoms with Gasteiger partial charge in [0.25, 0.3) is 0 Å². The maximum atomic E-state index is 11.8. The molecule has 0 spiro atoms. The van der Waals surface area contributed by atoms with Crippen molar-refractivity contribution in [3.05, 3.63) is 47.5 Å². The van der Waals surface area contributed by atoms with Crippen molar-refractivity contribution in [1.29, 1.82) is 0 Å². The van der Waals surface area contributed by atoms with Gasteiger partial charge in [-0.15, -0.1) is 0 Å². The molecule has 0 aliphatic heterocycles. The second-order valence-electron chi connectivity index (χ2n) is 4.73. The van der Waals surface area contributed by atoms with Gasteiger partial charge in [0.1, 0.15) is 0 Å². The number of H-pyrrole nitrogens is 1. The number of hydrogen-bond acceptors (Lipinski definition) is 2. The van der Waals surface area contributed by atoms with Gasteiger partial charge in [-0.1, -0.05) is 18.2 Å². The summed E-state index contributed by atoms with van der Waals surface area (Å²) in [6.07, 6.45) is 0. The molecule has 0 unspecified atom stereocenters. The molecule has 0 amide bonds. The number of aromatic amines is 1. The minimum Gasteiger partial charge on any atom is -0.354 e. The van der Waals surface area contributed by atoms with Crippen LogP contribution < -0.4 is 0 Å². The molecule has 3 rings (SSSR count). The van der Waals surface area contributed by atoms with Gasteiger partial charge in [0.05, 0.1) is 5.52 Å². The minimum absolute atomic E-state index is 0.0327. The first-order valence-corrected chi connectivity index (χ1v) is 6.14. The summed E-state index contributed by atoms with van der Waals surface area (Å²) in [5, 5.41) is 1.96. The summed E-state index contributed by atoms with van der Waals surface area (Å²) in [6.45, 7) is 3.03. The van der Waals surface area contributed by atoms with Crippen LogP contribution in [0.1, 0.15) is 34.6 Å². The van der Waals surface area contributed by atoms with Crippen molar-refractivity contribution >= 4 is 33.4 Å². The number of carbonyl (C=O) groups excluding carboxylic acids is 2. The Hall–Kier alpha value is -2.42. The fraction of sp³-hybridized carbons (Fsp3) is 0.125. The smallest absolute Gasteiger partial charge is 0.161 e. The summed E-state index contributed by atoms with van der Waals surface area (Å²) in [6, 6.07) is 11.4. The van der Waals surface area contributed by atoms with Crippen LogP contribution in [0.3, 0.4) is 0 Å². The van der Waals surface area contributed by atoms with Crippen LogP contribution in [0, 0.1) is 0 Å². The van der Waals surface area contributed by atoms with E-state index in [4.69, 9.17) is 0 Å². The molecular formula is C16H13NO2. The highest BCUT2D eigenvalue weighted by molar-refractivity contribution is 6.17. The van der Waals surface area contributed by atoms with Gasteiger partial charge < -0.3 is 4.98 Å². The number of nitrogens with one attached hydrogen (secondary N) is 1. The fourth-order valence-corrected chi connectivity index (χ4v) is 2.43. The van der Waals surface area contributed by atoms with Gasteiger partial charge in [-0.3, -0.25) is 9.59 Å². The van der Waals surface area contributed by atoms with Gasteiger partial charge in [0, 0.05) is 27.4 Å². The zero-order chi connectivity index (χ0) is 13.6. The van der Waals surface area contributed by atoms with Crippen LogP contribution >= 0.6 is 0 Å². The van der Waals surface area contributed by atoms with Crippen molar-refractivity contribution in [2.24, 2.45) is 0 Å². The largest absolute Gasteiger partial charge is 0.354 e. The Morgan fingerprint density at radius 2 is 1.68 bits per heavy atom. The Balaban J connectivity index is 2.52. The lowest BCUT2D eigenvalue weighted by atomic mass is 10.0. The fourth-order valence-electron chi connectivity index (χ4n) is 2.43. The maximum Gasteiger partial charge on any atom is 0.161 e. The normalized spacial score (nSPS) is 11.1. The van der Waals surface area contributed by atoms with Crippen LogP contribution in [0.5, 0.6) is 0 Å². The maximum absolute atomic E-state index is 11.8. The number of rotatable bonds is 2. The first-order valence-electron chi connectivity index (χ1n) is 6.14. The molecule has 3 heteroatoms. The predicted molar refractivity (Wildman–Crippen MR) is 75.8 cm³/mol. The Labute approximate surface area is 110 Å². The van der Waals surface area contributed by atoms with E-state index in [-0.39, 0.29) is 11.6 Å². The zero-order valence-electron chi connectivity index (χ0n) is 10.8. The van der Waals surface area contributed by atoms with Crippen molar-refractivity contribution in [2.75, 3.05) is 0 Å². The summed E-state index contributed by atoms with van der Waals surface area (Å²) in [7, 11) is 0. The lowest BCUT2D eigenvalue weighted by Gasteiger charge is -2.02. The quantitative estimate of drug-likeness (QED) is 0.705. The molecule has 0 aliphatic carbocycles. The van der Waals surface area contributed by atoms with Gasteiger partial charge >= 0.3 is 0 Å². The molecule has 0 fully saturated rings. The Bertz CT molecular complexity index is 827. The van der Waals surface area contributed by atoms with Gasteiger partial charge in [-0.25, -0.2) is 0 Å². The summed E-state index contributed by atoms with van der Waals surface area (Å²) in [4.78, 5) is 26.6. The SMILES string of the molecule is CC(=O)c1cc(C(C)=O)c2[nH]c3ccccc3c2c1. The Morgan fingerprint density at radius 3 is 2.37 bits per heavy atom. The van der Waals surface area contributed by atoms with E-state index >= 15 is 0 Å². The molecule has 1 aromatic heterocycles. The van der Waals surface area contributed by atoms with Crippen LogP contribution in [-0.2, 0) is 0 Å². The molecule has 0 atom stereocenters. The molecule has 0 saturated heterocycles. The number of ketones is 2. The van der Waals surface area contributed by atoms with E-state index in [1.165, 1.54) is 13.8 Å². The standard InChI is InChI=1S/C16H13NO2/c1-9(18)11-7-13(10(2)19)16-14(8-11)12-5-3-4-6-15(12)17-16/h3-8,17H,1-2H3. The first-order chi connectivity index (χ1) is 9.08. The van der Waals surface area contributed by atoms with Crippen molar-refractivity contribution in [3.8, 4) is 0 Å². The van der Waals surface area contributed by atoms with Crippen LogP contribution in [0.25, 0.3) is 21.8 Å². The number of fused-ring (bicyclic) bond motifs is 3. The highest BCUT2D eigenvalue weighted by atomic mass is 16.1. The minimum atomic E-state index is -0.0420. The van der Waals surface area contributed by atoms with Crippen LogP contribution in [0.2, 0.25) is 0 Å². The van der Waals surface area contributed by atoms with Gasteiger partial charge in [0.2, 0.25) is 0 Å². The second-order valence-corrected chi connectivity index (χ2v) is 4.73. The molecule has 19 heavy (non-hydrogen) atoms.